The smallest absolute Gasteiger partial charge is 0.349 e. The van der Waals surface area contributed by atoms with Crippen LogP contribution in [0.2, 0.25) is 6.04 Å². The van der Waals surface area contributed by atoms with Gasteiger partial charge in [-0.05, 0) is 12.0 Å². The van der Waals surface area contributed by atoms with E-state index in [-0.39, 0.29) is 0 Å². The summed E-state index contributed by atoms with van der Waals surface area (Å²) in [4.78, 5) is 0. The van der Waals surface area contributed by atoms with E-state index < -0.39 is 19.3 Å². The fourth-order valence-corrected chi connectivity index (χ4v) is 6.09. The summed E-state index contributed by atoms with van der Waals surface area (Å²) < 4.78 is 15.5. The minimum Gasteiger partial charge on any atom is -0.418 e. The van der Waals surface area contributed by atoms with E-state index in [0.717, 1.165) is 12.0 Å². The van der Waals surface area contributed by atoms with Gasteiger partial charge in [0.05, 0.1) is 0 Å². The largest absolute Gasteiger partial charge is 0.418 e. The maximum absolute atomic E-state index is 5.50. The fraction of sp³-hybridized carbons (Fsp3) is 1.00. The molecular weight excluding hydrogens is 296 g/mol. The van der Waals surface area contributed by atoms with E-state index in [4.69, 9.17) is 13.3 Å². The molecule has 1 fully saturated rings. The number of hydrogen-bond donors (Lipinski definition) is 0. The first-order valence-electron chi connectivity index (χ1n) is 9.19. The molecule has 0 saturated carbocycles. The molecule has 126 valence electrons. The van der Waals surface area contributed by atoms with Gasteiger partial charge in [0.15, 0.2) is 0 Å². The van der Waals surface area contributed by atoms with Crippen molar-refractivity contribution in [3.63, 3.8) is 0 Å². The molecule has 5 heteroatoms. The lowest BCUT2D eigenvalue weighted by Crippen LogP contribution is -2.13. The average molecular weight is 333 g/mol. The van der Waals surface area contributed by atoms with Gasteiger partial charge in [0, 0.05) is 0 Å². The minimum atomic E-state index is -1.33. The topological polar surface area (TPSA) is 27.7 Å². The van der Waals surface area contributed by atoms with E-state index in [1.54, 1.807) is 0 Å². The van der Waals surface area contributed by atoms with E-state index in [0.29, 0.717) is 0 Å². The van der Waals surface area contributed by atoms with Gasteiger partial charge in [0.2, 0.25) is 0 Å². The molecule has 1 saturated heterocycles. The lowest BCUT2D eigenvalue weighted by atomic mass is 10.0. The van der Waals surface area contributed by atoms with E-state index in [1.807, 2.05) is 0 Å². The van der Waals surface area contributed by atoms with Crippen molar-refractivity contribution in [3.05, 3.63) is 0 Å². The van der Waals surface area contributed by atoms with Gasteiger partial charge >= 0.3 is 19.3 Å². The van der Waals surface area contributed by atoms with Crippen molar-refractivity contribution >= 4 is 19.3 Å². The molecule has 0 N–H and O–H groups in total. The van der Waals surface area contributed by atoms with E-state index in [2.05, 4.69) is 13.8 Å². The van der Waals surface area contributed by atoms with Crippen LogP contribution in [0, 0.1) is 5.92 Å². The first kappa shape index (κ1) is 19.4. The maximum Gasteiger partial charge on any atom is 0.349 e. The van der Waals surface area contributed by atoms with Crippen LogP contribution in [0.25, 0.3) is 0 Å². The first-order chi connectivity index (χ1) is 10.3. The molecular formula is C16H36O3Si2. The summed E-state index contributed by atoms with van der Waals surface area (Å²) in [5.41, 5.74) is 0. The lowest BCUT2D eigenvalue weighted by molar-refractivity contribution is -0.0927. The molecule has 1 unspecified atom stereocenters. The van der Waals surface area contributed by atoms with Crippen LogP contribution >= 0.6 is 0 Å². The van der Waals surface area contributed by atoms with Gasteiger partial charge < -0.3 is 4.12 Å². The number of hydrogen-bond acceptors (Lipinski definition) is 3. The molecule has 1 atom stereocenters. The highest BCUT2D eigenvalue weighted by atomic mass is 28.4. The second kappa shape index (κ2) is 13.9. The van der Waals surface area contributed by atoms with Crippen LogP contribution in [-0.4, -0.2) is 19.3 Å². The van der Waals surface area contributed by atoms with Crippen molar-refractivity contribution < 1.29 is 13.3 Å². The van der Waals surface area contributed by atoms with Gasteiger partial charge in [-0.1, -0.05) is 90.9 Å². The Morgan fingerprint density at radius 3 is 1.76 bits per heavy atom. The highest BCUT2D eigenvalue weighted by Crippen LogP contribution is 2.15. The van der Waals surface area contributed by atoms with Crippen LogP contribution in [0.15, 0.2) is 0 Å². The highest BCUT2D eigenvalue weighted by molar-refractivity contribution is 6.53. The van der Waals surface area contributed by atoms with Crippen LogP contribution < -0.4 is 0 Å². The molecule has 0 aromatic heterocycles. The third-order valence-electron chi connectivity index (χ3n) is 4.20. The maximum atomic E-state index is 5.50. The minimum absolute atomic E-state index is 0.731. The second-order valence-corrected chi connectivity index (χ2v) is 10.2. The van der Waals surface area contributed by atoms with Gasteiger partial charge in [0.1, 0.15) is 0 Å². The molecule has 0 bridgehead atoms. The Hall–Kier alpha value is 0.314. The Labute approximate surface area is 136 Å². The Kier molecular flexibility index (Phi) is 12.9. The molecule has 0 amide bonds. The molecule has 0 spiro atoms. The van der Waals surface area contributed by atoms with Gasteiger partial charge in [-0.25, -0.2) is 0 Å². The standard InChI is InChI=1S/C16H36O3Si2/c1-16(2)14-12-10-8-6-4-3-5-7-9-11-13-15-21-18-17-20-19-21/h16,21H,3-15,20H2,1-2H3. The summed E-state index contributed by atoms with van der Waals surface area (Å²) in [5, 5.41) is 0. The van der Waals surface area contributed by atoms with Crippen molar-refractivity contribution in [2.75, 3.05) is 0 Å². The molecule has 3 nitrogen and oxygen atoms in total. The van der Waals surface area contributed by atoms with Crippen LogP contribution in [0.1, 0.15) is 90.9 Å². The summed E-state index contributed by atoms with van der Waals surface area (Å²) in [7, 11) is -2.06. The number of rotatable bonds is 14. The zero-order valence-electron chi connectivity index (χ0n) is 14.3. The zero-order chi connectivity index (χ0) is 15.2. The Balaban J connectivity index is 1.67. The Bertz CT molecular complexity index is 222. The third kappa shape index (κ3) is 12.5. The van der Waals surface area contributed by atoms with Crippen molar-refractivity contribution in [2.45, 2.75) is 96.9 Å². The second-order valence-electron chi connectivity index (χ2n) is 6.79. The van der Waals surface area contributed by atoms with Crippen molar-refractivity contribution in [1.29, 1.82) is 0 Å². The quantitative estimate of drug-likeness (QED) is 0.266. The molecule has 1 rings (SSSR count). The molecule has 21 heavy (non-hydrogen) atoms. The summed E-state index contributed by atoms with van der Waals surface area (Å²) in [6.07, 6.45) is 16.9. The van der Waals surface area contributed by atoms with Gasteiger partial charge in [-0.3, -0.25) is 9.15 Å². The fourth-order valence-electron chi connectivity index (χ4n) is 2.82. The first-order valence-corrected chi connectivity index (χ1v) is 12.1. The molecule has 1 aliphatic rings. The van der Waals surface area contributed by atoms with Crippen LogP contribution in [0.4, 0.5) is 0 Å². The normalized spacial score (nSPS) is 19.9. The molecule has 1 aliphatic heterocycles. The number of unbranched alkanes of at least 4 members (excludes halogenated alkanes) is 10. The lowest BCUT2D eigenvalue weighted by Gasteiger charge is -2.05. The van der Waals surface area contributed by atoms with Crippen LogP contribution in [-0.2, 0) is 13.3 Å². The molecule has 1 heterocycles. The average Bonchev–Trinajstić information content (AvgIpc) is 2.97. The zero-order valence-corrected chi connectivity index (χ0v) is 16.8. The third-order valence-corrected chi connectivity index (χ3v) is 7.97. The van der Waals surface area contributed by atoms with Gasteiger partial charge in [-0.15, -0.1) is 0 Å². The molecule has 0 aromatic carbocycles. The van der Waals surface area contributed by atoms with Crippen molar-refractivity contribution in [2.24, 2.45) is 5.92 Å². The van der Waals surface area contributed by atoms with E-state index >= 15 is 0 Å². The molecule has 0 aliphatic carbocycles. The van der Waals surface area contributed by atoms with Crippen LogP contribution in [0.5, 0.6) is 0 Å². The van der Waals surface area contributed by atoms with Gasteiger partial charge in [0.25, 0.3) is 0 Å². The monoisotopic (exact) mass is 332 g/mol. The van der Waals surface area contributed by atoms with Crippen LogP contribution in [0.3, 0.4) is 0 Å². The Morgan fingerprint density at radius 2 is 1.29 bits per heavy atom. The summed E-state index contributed by atoms with van der Waals surface area (Å²) in [5.74, 6) is 0.883. The van der Waals surface area contributed by atoms with Crippen molar-refractivity contribution in [3.8, 4) is 0 Å². The summed E-state index contributed by atoms with van der Waals surface area (Å²) in [6, 6.07) is 1.14. The SMILES string of the molecule is CC(C)CCCCCCCCCCCCC[SiH]1OO[SiH2]O1. The predicted molar refractivity (Wildman–Crippen MR) is 94.0 cm³/mol. The van der Waals surface area contributed by atoms with Gasteiger partial charge in [-0.2, -0.15) is 0 Å². The highest BCUT2D eigenvalue weighted by Gasteiger charge is 2.20. The molecule has 0 radical (unpaired) electrons. The Morgan fingerprint density at radius 1 is 0.762 bits per heavy atom. The molecule has 0 aromatic rings. The van der Waals surface area contributed by atoms with E-state index in [9.17, 15) is 0 Å². The summed E-state index contributed by atoms with van der Waals surface area (Å²) >= 11 is 0. The predicted octanol–water partition coefficient (Wildman–Crippen LogP) is 4.52. The van der Waals surface area contributed by atoms with Crippen molar-refractivity contribution in [1.82, 2.24) is 0 Å². The summed E-state index contributed by atoms with van der Waals surface area (Å²) in [6.45, 7) is 4.65. The van der Waals surface area contributed by atoms with E-state index in [1.165, 1.54) is 77.0 Å².